The third-order valence-electron chi connectivity index (χ3n) is 4.08. The molecule has 1 saturated carbocycles. The molecule has 5 nitrogen and oxygen atoms in total. The lowest BCUT2D eigenvalue weighted by molar-refractivity contribution is -0.124. The maximum absolute atomic E-state index is 12.7. The molecule has 0 aliphatic heterocycles. The van der Waals surface area contributed by atoms with Crippen LogP contribution in [0, 0.1) is 0 Å². The molecule has 0 atom stereocenters. The highest BCUT2D eigenvalue weighted by Crippen LogP contribution is 2.25. The number of halogens is 1. The van der Waals surface area contributed by atoms with Crippen molar-refractivity contribution in [1.82, 2.24) is 10.8 Å². The van der Waals surface area contributed by atoms with Crippen molar-refractivity contribution in [2.24, 2.45) is 0 Å². The molecule has 3 rings (SSSR count). The van der Waals surface area contributed by atoms with Gasteiger partial charge in [0.25, 0.3) is 11.8 Å². The summed E-state index contributed by atoms with van der Waals surface area (Å²) in [6, 6.07) is 14.8. The first kappa shape index (κ1) is 18.9. The summed E-state index contributed by atoms with van der Waals surface area (Å²) in [7, 11) is 0. The molecule has 1 fully saturated rings. The van der Waals surface area contributed by atoms with E-state index in [9.17, 15) is 9.59 Å². The van der Waals surface area contributed by atoms with Crippen molar-refractivity contribution in [2.45, 2.75) is 18.9 Å². The first-order valence-corrected chi connectivity index (χ1v) is 8.93. The van der Waals surface area contributed by atoms with Gasteiger partial charge in [-0.1, -0.05) is 48.0 Å². The van der Waals surface area contributed by atoms with Crippen LogP contribution in [0.25, 0.3) is 17.7 Å². The molecule has 0 heterocycles. The zero-order valence-electron chi connectivity index (χ0n) is 14.5. The summed E-state index contributed by atoms with van der Waals surface area (Å²) >= 11 is 6.09. The Bertz CT molecular complexity index is 900. The molecule has 0 aromatic heterocycles. The molecule has 2 aromatic rings. The second kappa shape index (κ2) is 8.66. The largest absolute Gasteiger partial charge is 0.349 e. The van der Waals surface area contributed by atoms with Crippen molar-refractivity contribution in [2.75, 3.05) is 0 Å². The molecule has 0 bridgehead atoms. The zero-order chi connectivity index (χ0) is 19.2. The van der Waals surface area contributed by atoms with E-state index in [2.05, 4.69) is 5.32 Å². The van der Waals surface area contributed by atoms with Crippen LogP contribution < -0.4 is 10.8 Å². The van der Waals surface area contributed by atoms with Crippen molar-refractivity contribution in [3.05, 3.63) is 76.3 Å². The van der Waals surface area contributed by atoms with Crippen molar-refractivity contribution in [3.63, 3.8) is 0 Å². The fourth-order valence-corrected chi connectivity index (χ4v) is 2.70. The maximum atomic E-state index is 12.7. The molecule has 3 N–H and O–H groups in total. The lowest BCUT2D eigenvalue weighted by atomic mass is 10.0. The second-order valence-electron chi connectivity index (χ2n) is 6.29. The van der Waals surface area contributed by atoms with Crippen LogP contribution in [0.1, 0.15) is 29.5 Å². The normalized spacial score (nSPS) is 14.2. The number of nitrogens with one attached hydrogen (secondary N) is 2. The van der Waals surface area contributed by atoms with E-state index in [0.717, 1.165) is 29.5 Å². The molecule has 2 amide bonds. The molecule has 6 heteroatoms. The van der Waals surface area contributed by atoms with E-state index in [0.29, 0.717) is 10.6 Å². The van der Waals surface area contributed by atoms with Gasteiger partial charge in [-0.25, -0.2) is 5.48 Å². The summed E-state index contributed by atoms with van der Waals surface area (Å²) in [4.78, 5) is 23.7. The van der Waals surface area contributed by atoms with Gasteiger partial charge in [-0.3, -0.25) is 14.8 Å². The predicted molar refractivity (Wildman–Crippen MR) is 106 cm³/mol. The standard InChI is InChI=1S/C21H19ClN2O3/c22-17-3-1-2-16(13-17)19(21(26)23-18-9-10-18)12-15-6-4-14(5-7-15)8-11-20(25)24-27/h1-8,11-13,18,27H,9-10H2,(H,23,26)(H,24,25). The molecule has 2 aromatic carbocycles. The summed E-state index contributed by atoms with van der Waals surface area (Å²) in [5, 5.41) is 12.1. The highest BCUT2D eigenvalue weighted by Gasteiger charge is 2.25. The Balaban J connectivity index is 1.87. The van der Waals surface area contributed by atoms with E-state index in [-0.39, 0.29) is 11.9 Å². The number of benzene rings is 2. The summed E-state index contributed by atoms with van der Waals surface area (Å²) in [6.07, 6.45) is 6.65. The maximum Gasteiger partial charge on any atom is 0.267 e. The Kier molecular flexibility index (Phi) is 6.06. The van der Waals surface area contributed by atoms with E-state index in [1.54, 1.807) is 18.2 Å². The smallest absolute Gasteiger partial charge is 0.267 e. The fraction of sp³-hybridized carbons (Fsp3) is 0.143. The van der Waals surface area contributed by atoms with E-state index in [1.807, 2.05) is 42.5 Å². The lowest BCUT2D eigenvalue weighted by Crippen LogP contribution is -2.26. The van der Waals surface area contributed by atoms with Crippen molar-refractivity contribution in [1.29, 1.82) is 0 Å². The average molecular weight is 383 g/mol. The van der Waals surface area contributed by atoms with Gasteiger partial charge in [-0.15, -0.1) is 0 Å². The average Bonchev–Trinajstić information content (AvgIpc) is 3.49. The van der Waals surface area contributed by atoms with Gasteiger partial charge in [0.15, 0.2) is 0 Å². The molecule has 0 unspecified atom stereocenters. The number of hydrogen-bond acceptors (Lipinski definition) is 3. The van der Waals surface area contributed by atoms with Crippen LogP contribution in [0.2, 0.25) is 5.02 Å². The van der Waals surface area contributed by atoms with Crippen LogP contribution in [0.3, 0.4) is 0 Å². The number of amides is 2. The Labute approximate surface area is 162 Å². The van der Waals surface area contributed by atoms with Crippen molar-refractivity contribution < 1.29 is 14.8 Å². The third kappa shape index (κ3) is 5.54. The van der Waals surface area contributed by atoms with Crippen LogP contribution in [0.5, 0.6) is 0 Å². The SMILES string of the molecule is O=C(C=Cc1ccc(C=C(C(=O)NC2CC2)c2cccc(Cl)c2)cc1)NO. The number of carbonyl (C=O) groups is 2. The minimum Gasteiger partial charge on any atom is -0.349 e. The predicted octanol–water partition coefficient (Wildman–Crippen LogP) is 3.68. The number of rotatable bonds is 6. The Morgan fingerprint density at radius 3 is 2.41 bits per heavy atom. The molecule has 138 valence electrons. The Hall–Kier alpha value is -2.89. The van der Waals surface area contributed by atoms with Gasteiger partial charge in [0.1, 0.15) is 0 Å². The number of carbonyl (C=O) groups excluding carboxylic acids is 2. The molecule has 0 radical (unpaired) electrons. The summed E-state index contributed by atoms with van der Waals surface area (Å²) in [5.41, 5.74) is 4.48. The van der Waals surface area contributed by atoms with Gasteiger partial charge >= 0.3 is 0 Å². The van der Waals surface area contributed by atoms with E-state index < -0.39 is 5.91 Å². The van der Waals surface area contributed by atoms with Gasteiger partial charge < -0.3 is 5.32 Å². The zero-order valence-corrected chi connectivity index (χ0v) is 15.2. The monoisotopic (exact) mass is 382 g/mol. The summed E-state index contributed by atoms with van der Waals surface area (Å²) in [6.45, 7) is 0. The molecular formula is C21H19ClN2O3. The highest BCUT2D eigenvalue weighted by atomic mass is 35.5. The molecule has 1 aliphatic carbocycles. The van der Waals surface area contributed by atoms with E-state index in [4.69, 9.17) is 16.8 Å². The molecule has 0 spiro atoms. The second-order valence-corrected chi connectivity index (χ2v) is 6.73. The number of hydroxylamine groups is 1. The van der Waals surface area contributed by atoms with Gasteiger partial charge in [-0.2, -0.15) is 0 Å². The Morgan fingerprint density at radius 2 is 1.78 bits per heavy atom. The minimum absolute atomic E-state index is 0.122. The van der Waals surface area contributed by atoms with Crippen LogP contribution in [-0.2, 0) is 9.59 Å². The van der Waals surface area contributed by atoms with Crippen LogP contribution in [0.15, 0.2) is 54.6 Å². The van der Waals surface area contributed by atoms with E-state index in [1.165, 1.54) is 11.6 Å². The van der Waals surface area contributed by atoms with Crippen LogP contribution in [-0.4, -0.2) is 23.1 Å². The molecule has 27 heavy (non-hydrogen) atoms. The third-order valence-corrected chi connectivity index (χ3v) is 4.31. The van der Waals surface area contributed by atoms with Gasteiger partial charge in [-0.05, 0) is 53.8 Å². The van der Waals surface area contributed by atoms with Crippen molar-refractivity contribution >= 4 is 41.1 Å². The first-order chi connectivity index (χ1) is 13.0. The van der Waals surface area contributed by atoms with Crippen molar-refractivity contribution in [3.8, 4) is 0 Å². The summed E-state index contributed by atoms with van der Waals surface area (Å²) in [5.74, 6) is -0.720. The minimum atomic E-state index is -0.598. The van der Waals surface area contributed by atoms with Gasteiger partial charge in [0, 0.05) is 22.7 Å². The lowest BCUT2D eigenvalue weighted by Gasteiger charge is -2.10. The quantitative estimate of drug-likeness (QED) is 0.308. The van der Waals surface area contributed by atoms with Crippen LogP contribution in [0.4, 0.5) is 0 Å². The van der Waals surface area contributed by atoms with Gasteiger partial charge in [0.2, 0.25) is 0 Å². The van der Waals surface area contributed by atoms with E-state index >= 15 is 0 Å². The molecule has 1 aliphatic rings. The highest BCUT2D eigenvalue weighted by molar-refractivity contribution is 6.31. The summed E-state index contributed by atoms with van der Waals surface area (Å²) < 4.78 is 0. The molecule has 0 saturated heterocycles. The fourth-order valence-electron chi connectivity index (χ4n) is 2.51. The topological polar surface area (TPSA) is 78.4 Å². The van der Waals surface area contributed by atoms with Crippen LogP contribution >= 0.6 is 11.6 Å². The Morgan fingerprint density at radius 1 is 1.07 bits per heavy atom. The van der Waals surface area contributed by atoms with Gasteiger partial charge in [0.05, 0.1) is 0 Å². The molecular weight excluding hydrogens is 364 g/mol. The first-order valence-electron chi connectivity index (χ1n) is 8.56. The number of hydrogen-bond donors (Lipinski definition) is 3.